The fraction of sp³-hybridized carbons (Fsp3) is 0.556. The summed E-state index contributed by atoms with van der Waals surface area (Å²) in [5, 5.41) is 4.32. The summed E-state index contributed by atoms with van der Waals surface area (Å²) in [4.78, 5) is 19.8. The van der Waals surface area contributed by atoms with Crippen molar-refractivity contribution in [3.63, 3.8) is 0 Å². The normalized spacial score (nSPS) is 30.7. The zero-order valence-corrected chi connectivity index (χ0v) is 13.3. The van der Waals surface area contributed by atoms with Gasteiger partial charge < -0.3 is 9.73 Å². The molecule has 1 atom stereocenters. The van der Waals surface area contributed by atoms with Crippen LogP contribution < -0.4 is 5.32 Å². The van der Waals surface area contributed by atoms with Crippen molar-refractivity contribution in [1.29, 1.82) is 0 Å². The van der Waals surface area contributed by atoms with Crippen molar-refractivity contribution < 1.29 is 9.21 Å². The Morgan fingerprint density at radius 1 is 1.39 bits per heavy atom. The second-order valence-corrected chi connectivity index (χ2v) is 7.31. The Hall–Kier alpha value is -1.88. The number of furan rings is 1. The van der Waals surface area contributed by atoms with Crippen LogP contribution in [-0.4, -0.2) is 40.5 Å². The summed E-state index contributed by atoms with van der Waals surface area (Å²) in [6.45, 7) is 4.35. The molecule has 1 saturated carbocycles. The smallest absolute Gasteiger partial charge is 0.270 e. The summed E-state index contributed by atoms with van der Waals surface area (Å²) >= 11 is 0. The highest BCUT2D eigenvalue weighted by Gasteiger charge is 2.60. The molecule has 1 N–H and O–H groups in total. The van der Waals surface area contributed by atoms with Crippen molar-refractivity contribution >= 4 is 16.9 Å². The molecule has 0 unspecified atom stereocenters. The van der Waals surface area contributed by atoms with E-state index in [0.29, 0.717) is 17.7 Å². The first kappa shape index (κ1) is 13.5. The number of pyridine rings is 1. The Morgan fingerprint density at radius 3 is 2.91 bits per heavy atom. The Bertz CT molecular complexity index is 785. The number of nitrogens with one attached hydrogen (secondary N) is 1. The summed E-state index contributed by atoms with van der Waals surface area (Å²) in [7, 11) is 0. The van der Waals surface area contributed by atoms with Gasteiger partial charge in [-0.25, -0.2) is 4.98 Å². The van der Waals surface area contributed by atoms with Crippen molar-refractivity contribution in [1.82, 2.24) is 15.2 Å². The number of aromatic nitrogens is 1. The van der Waals surface area contributed by atoms with Gasteiger partial charge in [0.2, 0.25) is 0 Å². The van der Waals surface area contributed by atoms with E-state index in [0.717, 1.165) is 16.5 Å². The topological polar surface area (TPSA) is 58.4 Å². The molecule has 3 saturated heterocycles. The van der Waals surface area contributed by atoms with Gasteiger partial charge in [0.05, 0.1) is 18.5 Å². The summed E-state index contributed by atoms with van der Waals surface area (Å²) in [5.74, 6) is 0.597. The minimum Gasteiger partial charge on any atom is -0.463 e. The van der Waals surface area contributed by atoms with Gasteiger partial charge >= 0.3 is 0 Å². The zero-order valence-electron chi connectivity index (χ0n) is 13.3. The molecule has 1 amide bonds. The number of hydrogen-bond acceptors (Lipinski definition) is 4. The van der Waals surface area contributed by atoms with Crippen molar-refractivity contribution in [2.75, 3.05) is 13.1 Å². The van der Waals surface area contributed by atoms with E-state index in [4.69, 9.17) is 4.42 Å². The highest BCUT2D eigenvalue weighted by atomic mass is 16.3. The number of hydrogen-bond donors (Lipinski definition) is 1. The third kappa shape index (κ3) is 1.83. The zero-order chi connectivity index (χ0) is 15.6. The van der Waals surface area contributed by atoms with Gasteiger partial charge in [0.25, 0.3) is 5.91 Å². The van der Waals surface area contributed by atoms with Gasteiger partial charge in [-0.15, -0.1) is 0 Å². The molecule has 4 aliphatic rings. The van der Waals surface area contributed by atoms with Crippen LogP contribution in [0.25, 0.3) is 11.0 Å². The maximum absolute atomic E-state index is 12.9. The first-order valence-corrected chi connectivity index (χ1v) is 8.58. The van der Waals surface area contributed by atoms with Crippen LogP contribution in [0, 0.1) is 12.8 Å². The first-order valence-electron chi connectivity index (χ1n) is 8.58. The molecule has 5 heterocycles. The number of carbonyl (C=O) groups is 1. The number of nitrogens with zero attached hydrogens (tertiary/aromatic N) is 2. The molecule has 3 aliphatic heterocycles. The molecule has 0 aromatic carbocycles. The lowest BCUT2D eigenvalue weighted by atomic mass is 9.77. The molecule has 5 nitrogen and oxygen atoms in total. The van der Waals surface area contributed by atoms with Crippen LogP contribution in [0.15, 0.2) is 22.9 Å². The highest BCUT2D eigenvalue weighted by molar-refractivity contribution is 5.98. The SMILES string of the molecule is Cc1c(C(=O)N[C@@H]2C3CCN(CC3)C23CC3)ncc2occc12. The van der Waals surface area contributed by atoms with Crippen LogP contribution >= 0.6 is 0 Å². The molecular formula is C18H21N3O2. The second-order valence-electron chi connectivity index (χ2n) is 7.31. The van der Waals surface area contributed by atoms with Gasteiger partial charge in [0.1, 0.15) is 5.69 Å². The number of aryl methyl sites for hydroxylation is 1. The predicted molar refractivity (Wildman–Crippen MR) is 86.3 cm³/mol. The van der Waals surface area contributed by atoms with Gasteiger partial charge in [-0.3, -0.25) is 9.69 Å². The molecule has 2 aromatic rings. The Balaban J connectivity index is 1.45. The molecule has 120 valence electrons. The maximum Gasteiger partial charge on any atom is 0.270 e. The molecule has 2 bridgehead atoms. The van der Waals surface area contributed by atoms with E-state index in [1.165, 1.54) is 38.8 Å². The van der Waals surface area contributed by atoms with Gasteiger partial charge in [0.15, 0.2) is 5.58 Å². The number of amides is 1. The third-order valence-electron chi connectivity index (χ3n) is 6.25. The summed E-state index contributed by atoms with van der Waals surface area (Å²) in [6.07, 6.45) is 8.16. The number of fused-ring (bicyclic) bond motifs is 3. The monoisotopic (exact) mass is 311 g/mol. The van der Waals surface area contributed by atoms with E-state index in [9.17, 15) is 4.79 Å². The average Bonchev–Trinajstić information content (AvgIpc) is 3.18. The van der Waals surface area contributed by atoms with Crippen LogP contribution in [0.5, 0.6) is 0 Å². The van der Waals surface area contributed by atoms with Gasteiger partial charge in [-0.1, -0.05) is 0 Å². The fourth-order valence-corrected chi connectivity index (χ4v) is 4.84. The van der Waals surface area contributed by atoms with Gasteiger partial charge in [0, 0.05) is 10.9 Å². The number of piperidine rings is 3. The minimum atomic E-state index is -0.0318. The predicted octanol–water partition coefficient (Wildman–Crippen LogP) is 2.49. The van der Waals surface area contributed by atoms with Gasteiger partial charge in [-0.2, -0.15) is 0 Å². The summed E-state index contributed by atoms with van der Waals surface area (Å²) < 4.78 is 5.37. The lowest BCUT2D eigenvalue weighted by Crippen LogP contribution is -2.65. The van der Waals surface area contributed by atoms with Gasteiger partial charge in [-0.05, 0) is 63.2 Å². The van der Waals surface area contributed by atoms with E-state index in [1.54, 1.807) is 12.5 Å². The van der Waals surface area contributed by atoms with Crippen LogP contribution in [-0.2, 0) is 0 Å². The van der Waals surface area contributed by atoms with E-state index < -0.39 is 0 Å². The lowest BCUT2D eigenvalue weighted by molar-refractivity contribution is -0.00153. The van der Waals surface area contributed by atoms with Crippen LogP contribution in [0.4, 0.5) is 0 Å². The molecule has 0 radical (unpaired) electrons. The van der Waals surface area contributed by atoms with Crippen LogP contribution in [0.2, 0.25) is 0 Å². The Morgan fingerprint density at radius 2 is 2.17 bits per heavy atom. The van der Waals surface area contributed by atoms with Crippen molar-refractivity contribution in [2.24, 2.45) is 5.92 Å². The van der Waals surface area contributed by atoms with E-state index >= 15 is 0 Å². The van der Waals surface area contributed by atoms with E-state index in [2.05, 4.69) is 15.2 Å². The van der Waals surface area contributed by atoms with Crippen molar-refractivity contribution in [3.8, 4) is 0 Å². The quantitative estimate of drug-likeness (QED) is 0.926. The standard InChI is InChI=1S/C18H21N3O2/c1-11-13-4-9-23-14(13)10-19-15(11)17(22)20-16-12-2-7-21(8-3-12)18(16)5-6-18/h4,9-10,12,16H,2-3,5-8H2,1H3,(H,20,22)/t16-/m1/s1. The fourth-order valence-electron chi connectivity index (χ4n) is 4.84. The van der Waals surface area contributed by atoms with Crippen LogP contribution in [0.1, 0.15) is 41.7 Å². The highest BCUT2D eigenvalue weighted by Crippen LogP contribution is 2.53. The summed E-state index contributed by atoms with van der Waals surface area (Å²) in [5.41, 5.74) is 2.43. The third-order valence-corrected chi connectivity index (χ3v) is 6.25. The summed E-state index contributed by atoms with van der Waals surface area (Å²) in [6, 6.07) is 2.19. The average molecular weight is 311 g/mol. The molecule has 23 heavy (non-hydrogen) atoms. The molecule has 2 aromatic heterocycles. The lowest BCUT2D eigenvalue weighted by Gasteiger charge is -2.52. The largest absolute Gasteiger partial charge is 0.463 e. The molecule has 6 rings (SSSR count). The molecule has 1 spiro atoms. The number of carbonyl (C=O) groups excluding carboxylic acids is 1. The molecule has 5 heteroatoms. The first-order chi connectivity index (χ1) is 11.2. The minimum absolute atomic E-state index is 0.0318. The van der Waals surface area contributed by atoms with Crippen molar-refractivity contribution in [2.45, 2.75) is 44.2 Å². The van der Waals surface area contributed by atoms with E-state index in [1.807, 2.05) is 13.0 Å². The van der Waals surface area contributed by atoms with E-state index in [-0.39, 0.29) is 11.4 Å². The van der Waals surface area contributed by atoms with Crippen molar-refractivity contribution in [3.05, 3.63) is 29.8 Å². The molecule has 1 aliphatic carbocycles. The molecular weight excluding hydrogens is 290 g/mol. The Labute approximate surface area is 135 Å². The number of rotatable bonds is 2. The second kappa shape index (κ2) is 4.57. The molecule has 4 fully saturated rings. The Kier molecular flexibility index (Phi) is 2.69. The van der Waals surface area contributed by atoms with Crippen LogP contribution in [0.3, 0.4) is 0 Å². The maximum atomic E-state index is 12.9.